The fourth-order valence-electron chi connectivity index (χ4n) is 1.72. The summed E-state index contributed by atoms with van der Waals surface area (Å²) in [5.74, 6) is -0.241. The minimum atomic E-state index is -3.85. The average Bonchev–Trinajstić information content (AvgIpc) is 1.81. The topological polar surface area (TPSA) is 78.2 Å². The molecular weight excluding hydrogens is 178 g/mol. The molecule has 4 nitrogen and oxygen atoms in total. The first-order valence-electron chi connectivity index (χ1n) is 3.71. The molecule has 0 unspecified atom stereocenters. The van der Waals surface area contributed by atoms with E-state index >= 15 is 0 Å². The molecule has 0 bridgehead atoms. The van der Waals surface area contributed by atoms with Gasteiger partial charge in [-0.25, -0.2) is 0 Å². The molecule has 1 aliphatic rings. The van der Waals surface area contributed by atoms with Crippen molar-refractivity contribution in [3.8, 4) is 6.07 Å². The number of nitrogens with zero attached hydrogens (tertiary/aromatic N) is 1. The van der Waals surface area contributed by atoms with E-state index in [1.54, 1.807) is 6.92 Å². The van der Waals surface area contributed by atoms with Gasteiger partial charge in [0.2, 0.25) is 0 Å². The Bertz CT molecular complexity index is 308. The van der Waals surface area contributed by atoms with Crippen LogP contribution in [-0.2, 0) is 10.1 Å². The highest BCUT2D eigenvalue weighted by Crippen LogP contribution is 2.44. The van der Waals surface area contributed by atoms with Crippen molar-refractivity contribution >= 4 is 10.1 Å². The Morgan fingerprint density at radius 3 is 2.50 bits per heavy atom. The number of nitriles is 1. The maximum absolute atomic E-state index is 10.4. The molecular formula is C7H11NO3S. The van der Waals surface area contributed by atoms with Crippen LogP contribution in [0.25, 0.3) is 0 Å². The van der Waals surface area contributed by atoms with Gasteiger partial charge in [-0.1, -0.05) is 0 Å². The van der Waals surface area contributed by atoms with Gasteiger partial charge in [-0.15, -0.1) is 0 Å². The highest BCUT2D eigenvalue weighted by molar-refractivity contribution is 7.85. The Morgan fingerprint density at radius 2 is 2.17 bits per heavy atom. The van der Waals surface area contributed by atoms with E-state index in [4.69, 9.17) is 9.81 Å². The average molecular weight is 189 g/mol. The van der Waals surface area contributed by atoms with Crippen LogP contribution < -0.4 is 0 Å². The third kappa shape index (κ3) is 2.19. The lowest BCUT2D eigenvalue weighted by Gasteiger charge is -2.39. The molecule has 1 aliphatic carbocycles. The summed E-state index contributed by atoms with van der Waals surface area (Å²) in [5.41, 5.74) is -0.366. The van der Waals surface area contributed by atoms with Gasteiger partial charge in [0.15, 0.2) is 0 Å². The van der Waals surface area contributed by atoms with E-state index in [1.165, 1.54) is 0 Å². The molecule has 1 rings (SSSR count). The second kappa shape index (κ2) is 2.71. The van der Waals surface area contributed by atoms with Crippen LogP contribution in [0.3, 0.4) is 0 Å². The summed E-state index contributed by atoms with van der Waals surface area (Å²) >= 11 is 0. The summed E-state index contributed by atoms with van der Waals surface area (Å²) < 4.78 is 29.3. The Hall–Kier alpha value is -0.600. The molecule has 1 fully saturated rings. The second-order valence-corrected chi connectivity index (χ2v) is 5.19. The molecule has 0 aromatic carbocycles. The molecule has 0 aromatic rings. The molecule has 0 heterocycles. The van der Waals surface area contributed by atoms with Gasteiger partial charge in [-0.3, -0.25) is 4.55 Å². The molecule has 1 N–H and O–H groups in total. The van der Waals surface area contributed by atoms with Gasteiger partial charge in [-0.2, -0.15) is 13.7 Å². The van der Waals surface area contributed by atoms with Crippen LogP contribution in [0.15, 0.2) is 0 Å². The first kappa shape index (κ1) is 9.49. The minimum Gasteiger partial charge on any atom is -0.286 e. The van der Waals surface area contributed by atoms with E-state index in [9.17, 15) is 8.42 Å². The predicted molar refractivity (Wildman–Crippen MR) is 42.9 cm³/mol. The number of rotatable bonds is 2. The fraction of sp³-hybridized carbons (Fsp3) is 0.857. The molecule has 12 heavy (non-hydrogen) atoms. The van der Waals surface area contributed by atoms with Crippen molar-refractivity contribution in [2.45, 2.75) is 19.8 Å². The highest BCUT2D eigenvalue weighted by atomic mass is 32.2. The van der Waals surface area contributed by atoms with Crippen LogP contribution in [0.5, 0.6) is 0 Å². The van der Waals surface area contributed by atoms with Crippen molar-refractivity contribution in [3.05, 3.63) is 0 Å². The summed E-state index contributed by atoms with van der Waals surface area (Å²) in [4.78, 5) is 0. The molecule has 0 atom stereocenters. The third-order valence-corrected chi connectivity index (χ3v) is 3.09. The van der Waals surface area contributed by atoms with Gasteiger partial charge < -0.3 is 0 Å². The maximum atomic E-state index is 10.4. The van der Waals surface area contributed by atoms with Gasteiger partial charge in [0.25, 0.3) is 10.1 Å². The van der Waals surface area contributed by atoms with Crippen LogP contribution in [0, 0.1) is 22.7 Å². The SMILES string of the molecule is CC1(C#N)CC(CS(=O)(=O)O)C1. The Kier molecular flexibility index (Phi) is 2.15. The normalized spacial score (nSPS) is 35.2. The molecule has 0 spiro atoms. The van der Waals surface area contributed by atoms with Gasteiger partial charge in [0.05, 0.1) is 17.2 Å². The maximum Gasteiger partial charge on any atom is 0.265 e. The first-order valence-corrected chi connectivity index (χ1v) is 5.32. The monoisotopic (exact) mass is 189 g/mol. The molecule has 0 amide bonds. The third-order valence-electron chi connectivity index (χ3n) is 2.19. The smallest absolute Gasteiger partial charge is 0.265 e. The van der Waals surface area contributed by atoms with Crippen LogP contribution >= 0.6 is 0 Å². The molecule has 0 aliphatic heterocycles. The zero-order valence-corrected chi connectivity index (χ0v) is 7.63. The van der Waals surface area contributed by atoms with Crippen molar-refractivity contribution in [2.75, 3.05) is 5.75 Å². The molecule has 0 saturated heterocycles. The number of hydrogen-bond acceptors (Lipinski definition) is 3. The Balaban J connectivity index is 2.43. The lowest BCUT2D eigenvalue weighted by Crippen LogP contribution is -2.36. The first-order chi connectivity index (χ1) is 5.35. The molecule has 68 valence electrons. The van der Waals surface area contributed by atoms with E-state index < -0.39 is 10.1 Å². The summed E-state index contributed by atoms with van der Waals surface area (Å²) in [6, 6.07) is 2.12. The van der Waals surface area contributed by atoms with Crippen LogP contribution in [0.1, 0.15) is 19.8 Å². The van der Waals surface area contributed by atoms with E-state index in [-0.39, 0.29) is 17.1 Å². The van der Waals surface area contributed by atoms with E-state index in [0.717, 1.165) is 0 Å². The van der Waals surface area contributed by atoms with Crippen molar-refractivity contribution in [1.29, 1.82) is 5.26 Å². The van der Waals surface area contributed by atoms with Gasteiger partial charge in [-0.05, 0) is 25.7 Å². The van der Waals surface area contributed by atoms with Gasteiger partial charge in [0, 0.05) is 0 Å². The molecule has 0 aromatic heterocycles. The van der Waals surface area contributed by atoms with Crippen molar-refractivity contribution in [3.63, 3.8) is 0 Å². The standard InChI is InChI=1S/C7H11NO3S/c1-7(5-8)2-6(3-7)4-12(9,10)11/h6H,2-4H2,1H3,(H,9,10,11). The van der Waals surface area contributed by atoms with E-state index in [0.29, 0.717) is 12.8 Å². The van der Waals surface area contributed by atoms with Crippen molar-refractivity contribution in [2.24, 2.45) is 11.3 Å². The molecule has 0 radical (unpaired) electrons. The lowest BCUT2D eigenvalue weighted by molar-refractivity contribution is 0.154. The minimum absolute atomic E-state index is 0.0374. The lowest BCUT2D eigenvalue weighted by atomic mass is 9.65. The number of hydrogen-bond donors (Lipinski definition) is 1. The van der Waals surface area contributed by atoms with Crippen molar-refractivity contribution in [1.82, 2.24) is 0 Å². The fourth-order valence-corrected chi connectivity index (χ4v) is 2.55. The van der Waals surface area contributed by atoms with E-state index in [1.807, 2.05) is 0 Å². The quantitative estimate of drug-likeness (QED) is 0.652. The van der Waals surface area contributed by atoms with Crippen molar-refractivity contribution < 1.29 is 13.0 Å². The van der Waals surface area contributed by atoms with Crippen LogP contribution in [-0.4, -0.2) is 18.7 Å². The Labute approximate surface area is 71.9 Å². The van der Waals surface area contributed by atoms with Crippen LogP contribution in [0.4, 0.5) is 0 Å². The molecule has 1 saturated carbocycles. The predicted octanol–water partition coefficient (Wildman–Crippen LogP) is 0.814. The molecule has 5 heteroatoms. The van der Waals surface area contributed by atoms with Gasteiger partial charge in [0.1, 0.15) is 0 Å². The van der Waals surface area contributed by atoms with Crippen LogP contribution in [0.2, 0.25) is 0 Å². The summed E-state index contributed by atoms with van der Waals surface area (Å²) in [6.07, 6.45) is 1.15. The second-order valence-electron chi connectivity index (χ2n) is 3.70. The zero-order valence-electron chi connectivity index (χ0n) is 6.82. The summed E-state index contributed by atoms with van der Waals surface area (Å²) in [7, 11) is -3.85. The zero-order chi connectivity index (χ0) is 9.41. The largest absolute Gasteiger partial charge is 0.286 e. The Morgan fingerprint density at radius 1 is 1.67 bits per heavy atom. The van der Waals surface area contributed by atoms with E-state index in [2.05, 4.69) is 6.07 Å². The van der Waals surface area contributed by atoms with Gasteiger partial charge >= 0.3 is 0 Å². The summed E-state index contributed by atoms with van der Waals surface area (Å²) in [6.45, 7) is 1.80. The highest BCUT2D eigenvalue weighted by Gasteiger charge is 2.41. The summed E-state index contributed by atoms with van der Waals surface area (Å²) in [5, 5.41) is 8.60.